The molecule has 0 radical (unpaired) electrons. The highest BCUT2D eigenvalue weighted by Gasteiger charge is 2.26. The predicted molar refractivity (Wildman–Crippen MR) is 76.8 cm³/mol. The predicted octanol–water partition coefficient (Wildman–Crippen LogP) is 1.55. The van der Waals surface area contributed by atoms with Crippen molar-refractivity contribution in [2.45, 2.75) is 13.0 Å². The highest BCUT2D eigenvalue weighted by Crippen LogP contribution is 2.21. The maximum atomic E-state index is 12.5. The first-order valence-corrected chi connectivity index (χ1v) is 6.73. The highest BCUT2D eigenvalue weighted by molar-refractivity contribution is 6.33. The van der Waals surface area contributed by atoms with Crippen molar-refractivity contribution in [2.24, 2.45) is 0 Å². The van der Waals surface area contributed by atoms with E-state index < -0.39 is 0 Å². The SMILES string of the molecule is CNc1ncc(C(=O)N2CCN(C)CC2C)cc1Cl. The van der Waals surface area contributed by atoms with Gasteiger partial charge in [0, 0.05) is 38.9 Å². The Morgan fingerprint density at radius 3 is 2.84 bits per heavy atom. The van der Waals surface area contributed by atoms with Gasteiger partial charge >= 0.3 is 0 Å². The van der Waals surface area contributed by atoms with E-state index in [1.165, 1.54) is 0 Å². The van der Waals surface area contributed by atoms with E-state index in [4.69, 9.17) is 11.6 Å². The molecule has 0 bridgehead atoms. The standard InChI is InChI=1S/C13H19ClN4O/c1-9-8-17(3)4-5-18(9)13(19)10-6-11(14)12(15-2)16-7-10/h6-7,9H,4-5,8H2,1-3H3,(H,15,16). The summed E-state index contributed by atoms with van der Waals surface area (Å²) in [4.78, 5) is 20.7. The van der Waals surface area contributed by atoms with Crippen LogP contribution in [0.1, 0.15) is 17.3 Å². The van der Waals surface area contributed by atoms with Crippen molar-refractivity contribution in [3.05, 3.63) is 22.8 Å². The Bertz CT molecular complexity index is 480. The Labute approximate surface area is 118 Å². The summed E-state index contributed by atoms with van der Waals surface area (Å²) >= 11 is 6.07. The molecule has 1 aromatic rings. The first-order chi connectivity index (χ1) is 9.02. The van der Waals surface area contributed by atoms with E-state index in [9.17, 15) is 4.79 Å². The van der Waals surface area contributed by atoms with Gasteiger partial charge in [0.25, 0.3) is 5.91 Å². The lowest BCUT2D eigenvalue weighted by atomic mass is 10.1. The molecule has 5 nitrogen and oxygen atoms in total. The van der Waals surface area contributed by atoms with Gasteiger partial charge in [0.1, 0.15) is 5.82 Å². The van der Waals surface area contributed by atoms with Crippen LogP contribution in [0.2, 0.25) is 5.02 Å². The highest BCUT2D eigenvalue weighted by atomic mass is 35.5. The summed E-state index contributed by atoms with van der Waals surface area (Å²) in [6.45, 7) is 4.58. The fraction of sp³-hybridized carbons (Fsp3) is 0.538. The molecule has 1 aliphatic heterocycles. The van der Waals surface area contributed by atoms with Gasteiger partial charge in [-0.3, -0.25) is 4.79 Å². The second kappa shape index (κ2) is 5.75. The molecular formula is C13H19ClN4O. The minimum Gasteiger partial charge on any atom is -0.372 e. The number of anilines is 1. The third-order valence-corrected chi connectivity index (χ3v) is 3.70. The molecule has 2 rings (SSSR count). The molecule has 1 atom stereocenters. The summed E-state index contributed by atoms with van der Waals surface area (Å²) in [5, 5.41) is 3.35. The molecule has 2 heterocycles. The third kappa shape index (κ3) is 2.98. The molecule has 1 saturated heterocycles. The van der Waals surface area contributed by atoms with Crippen LogP contribution in [-0.4, -0.2) is 60.5 Å². The van der Waals surface area contributed by atoms with Crippen molar-refractivity contribution < 1.29 is 4.79 Å². The first-order valence-electron chi connectivity index (χ1n) is 6.35. The van der Waals surface area contributed by atoms with Crippen LogP contribution in [0.4, 0.5) is 5.82 Å². The lowest BCUT2D eigenvalue weighted by Gasteiger charge is -2.38. The molecule has 1 N–H and O–H groups in total. The minimum atomic E-state index is -0.00217. The van der Waals surface area contributed by atoms with Crippen LogP contribution >= 0.6 is 11.6 Å². The number of aromatic nitrogens is 1. The normalized spacial score (nSPS) is 20.4. The van der Waals surface area contributed by atoms with Crippen molar-refractivity contribution in [2.75, 3.05) is 39.0 Å². The van der Waals surface area contributed by atoms with Crippen LogP contribution < -0.4 is 5.32 Å². The number of carbonyl (C=O) groups excluding carboxylic acids is 1. The van der Waals surface area contributed by atoms with Crippen LogP contribution in [0.15, 0.2) is 12.3 Å². The average molecular weight is 283 g/mol. The zero-order valence-corrected chi connectivity index (χ0v) is 12.2. The number of carbonyl (C=O) groups is 1. The number of piperazine rings is 1. The molecule has 1 aliphatic rings. The summed E-state index contributed by atoms with van der Waals surface area (Å²) in [7, 11) is 3.82. The zero-order valence-electron chi connectivity index (χ0n) is 11.5. The molecule has 19 heavy (non-hydrogen) atoms. The fourth-order valence-electron chi connectivity index (χ4n) is 2.35. The molecular weight excluding hydrogens is 264 g/mol. The van der Waals surface area contributed by atoms with Crippen LogP contribution in [0.3, 0.4) is 0 Å². The lowest BCUT2D eigenvalue weighted by Crippen LogP contribution is -2.52. The van der Waals surface area contributed by atoms with Gasteiger partial charge in [-0.15, -0.1) is 0 Å². The molecule has 1 aromatic heterocycles. The quantitative estimate of drug-likeness (QED) is 0.894. The number of nitrogens with one attached hydrogen (secondary N) is 1. The van der Waals surface area contributed by atoms with Crippen LogP contribution in [0, 0.1) is 0 Å². The Hall–Kier alpha value is -1.33. The van der Waals surface area contributed by atoms with Crippen LogP contribution in [-0.2, 0) is 0 Å². The monoisotopic (exact) mass is 282 g/mol. The molecule has 0 aliphatic carbocycles. The molecule has 104 valence electrons. The van der Waals surface area contributed by atoms with Gasteiger partial charge in [-0.05, 0) is 20.0 Å². The summed E-state index contributed by atoms with van der Waals surface area (Å²) < 4.78 is 0. The van der Waals surface area contributed by atoms with Crippen molar-refractivity contribution in [1.82, 2.24) is 14.8 Å². The van der Waals surface area contributed by atoms with E-state index in [-0.39, 0.29) is 11.9 Å². The largest absolute Gasteiger partial charge is 0.372 e. The van der Waals surface area contributed by atoms with Gasteiger partial charge in [-0.2, -0.15) is 0 Å². The number of hydrogen-bond acceptors (Lipinski definition) is 4. The molecule has 1 unspecified atom stereocenters. The summed E-state index contributed by atoms with van der Waals surface area (Å²) in [5.41, 5.74) is 0.542. The molecule has 6 heteroatoms. The number of likely N-dealkylation sites (N-methyl/N-ethyl adjacent to an activating group) is 1. The van der Waals surface area contributed by atoms with Crippen LogP contribution in [0.25, 0.3) is 0 Å². The van der Waals surface area contributed by atoms with E-state index in [1.54, 1.807) is 19.3 Å². The molecule has 1 fully saturated rings. The van der Waals surface area contributed by atoms with Crippen molar-refractivity contribution >= 4 is 23.3 Å². The van der Waals surface area contributed by atoms with Gasteiger partial charge in [0.05, 0.1) is 10.6 Å². The van der Waals surface area contributed by atoms with Crippen molar-refractivity contribution in [3.8, 4) is 0 Å². The van der Waals surface area contributed by atoms with E-state index in [0.717, 1.165) is 19.6 Å². The fourth-order valence-corrected chi connectivity index (χ4v) is 2.61. The Kier molecular flexibility index (Phi) is 4.27. The number of amides is 1. The second-order valence-electron chi connectivity index (χ2n) is 4.91. The summed E-state index contributed by atoms with van der Waals surface area (Å²) in [6, 6.07) is 1.88. The molecule has 1 amide bonds. The summed E-state index contributed by atoms with van der Waals surface area (Å²) in [6.07, 6.45) is 1.57. The van der Waals surface area contributed by atoms with E-state index >= 15 is 0 Å². The van der Waals surface area contributed by atoms with Gasteiger partial charge in [-0.25, -0.2) is 4.98 Å². The van der Waals surface area contributed by atoms with Gasteiger partial charge in [-0.1, -0.05) is 11.6 Å². The minimum absolute atomic E-state index is 0.00217. The van der Waals surface area contributed by atoms with Gasteiger partial charge < -0.3 is 15.1 Å². The Morgan fingerprint density at radius 2 is 2.26 bits per heavy atom. The van der Waals surface area contributed by atoms with E-state index in [1.807, 2.05) is 4.90 Å². The van der Waals surface area contributed by atoms with Crippen molar-refractivity contribution in [1.29, 1.82) is 0 Å². The molecule has 0 spiro atoms. The van der Waals surface area contributed by atoms with Crippen LogP contribution in [0.5, 0.6) is 0 Å². The van der Waals surface area contributed by atoms with Gasteiger partial charge in [0.15, 0.2) is 0 Å². The first kappa shape index (κ1) is 14.1. The van der Waals surface area contributed by atoms with E-state index in [2.05, 4.69) is 29.2 Å². The van der Waals surface area contributed by atoms with Gasteiger partial charge in [0.2, 0.25) is 0 Å². The molecule has 0 saturated carbocycles. The smallest absolute Gasteiger partial charge is 0.255 e. The number of nitrogens with zero attached hydrogens (tertiary/aromatic N) is 3. The number of hydrogen-bond donors (Lipinski definition) is 1. The number of halogens is 1. The number of rotatable bonds is 2. The topological polar surface area (TPSA) is 48.5 Å². The average Bonchev–Trinajstić information content (AvgIpc) is 2.38. The maximum Gasteiger partial charge on any atom is 0.255 e. The second-order valence-corrected chi connectivity index (χ2v) is 5.32. The Morgan fingerprint density at radius 1 is 1.53 bits per heavy atom. The Balaban J connectivity index is 2.17. The van der Waals surface area contributed by atoms with Crippen molar-refractivity contribution in [3.63, 3.8) is 0 Å². The summed E-state index contributed by atoms with van der Waals surface area (Å²) in [5.74, 6) is 0.585. The molecule has 0 aromatic carbocycles. The maximum absolute atomic E-state index is 12.5. The van der Waals surface area contributed by atoms with E-state index in [0.29, 0.717) is 16.4 Å². The number of pyridine rings is 1. The lowest BCUT2D eigenvalue weighted by molar-refractivity contribution is 0.0533. The third-order valence-electron chi connectivity index (χ3n) is 3.42. The zero-order chi connectivity index (χ0) is 14.0.